The summed E-state index contributed by atoms with van der Waals surface area (Å²) in [4.78, 5) is 1.71. The zero-order chi connectivity index (χ0) is 13.1. The number of nitrogen functional groups attached to an aromatic ring is 1. The van der Waals surface area contributed by atoms with Gasteiger partial charge in [0.05, 0.1) is 12.8 Å². The Morgan fingerprint density at radius 1 is 1.11 bits per heavy atom. The van der Waals surface area contributed by atoms with E-state index in [2.05, 4.69) is 0 Å². The summed E-state index contributed by atoms with van der Waals surface area (Å²) >= 11 is 0. The minimum Gasteiger partial charge on any atom is -0.497 e. The predicted molar refractivity (Wildman–Crippen MR) is 71.9 cm³/mol. The third-order valence-electron chi connectivity index (χ3n) is 2.81. The molecule has 0 bridgehead atoms. The van der Waals surface area contributed by atoms with Crippen LogP contribution in [0.4, 0.5) is 21.5 Å². The van der Waals surface area contributed by atoms with Gasteiger partial charge < -0.3 is 15.4 Å². The molecule has 0 aliphatic carbocycles. The lowest BCUT2D eigenvalue weighted by atomic mass is 10.2. The highest BCUT2D eigenvalue weighted by Crippen LogP contribution is 2.32. The molecule has 0 heterocycles. The largest absolute Gasteiger partial charge is 0.497 e. The van der Waals surface area contributed by atoms with Gasteiger partial charge in [-0.3, -0.25) is 0 Å². The SMILES string of the molecule is COc1ccc(N(C)c2c(N)cccc2F)cc1. The zero-order valence-electron chi connectivity index (χ0n) is 10.4. The quantitative estimate of drug-likeness (QED) is 0.845. The number of nitrogens with zero attached hydrogens (tertiary/aromatic N) is 1. The number of anilines is 3. The Hall–Kier alpha value is -2.23. The van der Waals surface area contributed by atoms with Crippen LogP contribution in [0.3, 0.4) is 0 Å². The molecule has 0 aliphatic rings. The summed E-state index contributed by atoms with van der Waals surface area (Å²) in [5, 5.41) is 0. The van der Waals surface area contributed by atoms with E-state index in [9.17, 15) is 4.39 Å². The third kappa shape index (κ3) is 2.22. The van der Waals surface area contributed by atoms with E-state index in [4.69, 9.17) is 10.5 Å². The van der Waals surface area contributed by atoms with Crippen LogP contribution >= 0.6 is 0 Å². The first-order valence-electron chi connectivity index (χ1n) is 5.55. The van der Waals surface area contributed by atoms with Crippen molar-refractivity contribution >= 4 is 17.1 Å². The van der Waals surface area contributed by atoms with E-state index in [0.29, 0.717) is 11.4 Å². The number of halogens is 1. The Morgan fingerprint density at radius 2 is 1.78 bits per heavy atom. The van der Waals surface area contributed by atoms with Gasteiger partial charge in [0.2, 0.25) is 0 Å². The molecule has 0 fully saturated rings. The van der Waals surface area contributed by atoms with Crippen molar-refractivity contribution < 1.29 is 9.13 Å². The molecule has 0 aliphatic heterocycles. The molecule has 0 amide bonds. The number of methoxy groups -OCH3 is 1. The Labute approximate surface area is 106 Å². The maximum absolute atomic E-state index is 13.8. The van der Waals surface area contributed by atoms with E-state index in [1.807, 2.05) is 24.3 Å². The Morgan fingerprint density at radius 3 is 2.33 bits per heavy atom. The zero-order valence-corrected chi connectivity index (χ0v) is 10.4. The molecule has 0 atom stereocenters. The number of hydrogen-bond donors (Lipinski definition) is 1. The molecule has 2 aromatic carbocycles. The number of nitrogens with two attached hydrogens (primary N) is 1. The molecule has 2 N–H and O–H groups in total. The highest BCUT2D eigenvalue weighted by Gasteiger charge is 2.12. The van der Waals surface area contributed by atoms with E-state index < -0.39 is 0 Å². The van der Waals surface area contributed by atoms with Crippen LogP contribution in [-0.4, -0.2) is 14.2 Å². The van der Waals surface area contributed by atoms with Crippen LogP contribution in [0.2, 0.25) is 0 Å². The van der Waals surface area contributed by atoms with Gasteiger partial charge in [-0.1, -0.05) is 6.07 Å². The first-order valence-corrected chi connectivity index (χ1v) is 5.55. The van der Waals surface area contributed by atoms with Crippen LogP contribution in [0.1, 0.15) is 0 Å². The van der Waals surface area contributed by atoms with Gasteiger partial charge in [-0.15, -0.1) is 0 Å². The average Bonchev–Trinajstić information content (AvgIpc) is 2.38. The third-order valence-corrected chi connectivity index (χ3v) is 2.81. The van der Waals surface area contributed by atoms with E-state index in [0.717, 1.165) is 11.4 Å². The fraction of sp³-hybridized carbons (Fsp3) is 0.143. The number of para-hydroxylation sites is 1. The molecule has 0 saturated heterocycles. The number of rotatable bonds is 3. The minimum absolute atomic E-state index is 0.340. The summed E-state index contributed by atoms with van der Waals surface area (Å²) in [7, 11) is 3.38. The standard InChI is InChI=1S/C14H15FN2O/c1-17(10-6-8-11(18-2)9-7-10)14-12(15)4-3-5-13(14)16/h3-9H,16H2,1-2H3. The second-order valence-corrected chi connectivity index (χ2v) is 3.93. The van der Waals surface area contributed by atoms with Gasteiger partial charge in [-0.05, 0) is 36.4 Å². The molecule has 0 radical (unpaired) electrons. The van der Waals surface area contributed by atoms with Gasteiger partial charge in [0.25, 0.3) is 0 Å². The van der Waals surface area contributed by atoms with Crippen molar-refractivity contribution in [3.8, 4) is 5.75 Å². The van der Waals surface area contributed by atoms with Gasteiger partial charge in [0, 0.05) is 12.7 Å². The molecule has 18 heavy (non-hydrogen) atoms. The Kier molecular flexibility index (Phi) is 3.37. The highest BCUT2D eigenvalue weighted by atomic mass is 19.1. The van der Waals surface area contributed by atoms with E-state index in [1.165, 1.54) is 6.07 Å². The molecule has 0 saturated carbocycles. The van der Waals surface area contributed by atoms with Crippen LogP contribution in [0.15, 0.2) is 42.5 Å². The van der Waals surface area contributed by atoms with Crippen LogP contribution < -0.4 is 15.4 Å². The van der Waals surface area contributed by atoms with Crippen molar-refractivity contribution in [2.24, 2.45) is 0 Å². The molecular formula is C14H15FN2O. The molecule has 94 valence electrons. The van der Waals surface area contributed by atoms with Gasteiger partial charge >= 0.3 is 0 Å². The smallest absolute Gasteiger partial charge is 0.148 e. The maximum atomic E-state index is 13.8. The summed E-state index contributed by atoms with van der Waals surface area (Å²) in [6.45, 7) is 0. The van der Waals surface area contributed by atoms with Gasteiger partial charge in [0.15, 0.2) is 0 Å². The number of benzene rings is 2. The minimum atomic E-state index is -0.340. The average molecular weight is 246 g/mol. The fourth-order valence-electron chi connectivity index (χ4n) is 1.82. The lowest BCUT2D eigenvalue weighted by Gasteiger charge is -2.22. The molecule has 2 rings (SSSR count). The summed E-state index contributed by atoms with van der Waals surface area (Å²) in [5.41, 5.74) is 7.44. The van der Waals surface area contributed by atoms with Gasteiger partial charge in [0.1, 0.15) is 17.3 Å². The second-order valence-electron chi connectivity index (χ2n) is 3.93. The Bertz CT molecular complexity index is 520. The second kappa shape index (κ2) is 4.96. The first-order chi connectivity index (χ1) is 8.63. The summed E-state index contributed by atoms with van der Waals surface area (Å²) < 4.78 is 18.9. The molecule has 0 aromatic heterocycles. The number of ether oxygens (including phenoxy) is 1. The summed E-state index contributed by atoms with van der Waals surface area (Å²) in [6.07, 6.45) is 0. The molecule has 4 heteroatoms. The molecular weight excluding hydrogens is 231 g/mol. The van der Waals surface area contributed by atoms with Crippen molar-refractivity contribution in [1.29, 1.82) is 0 Å². The topological polar surface area (TPSA) is 38.5 Å². The fourth-order valence-corrected chi connectivity index (χ4v) is 1.82. The maximum Gasteiger partial charge on any atom is 0.148 e. The van der Waals surface area contributed by atoms with Crippen molar-refractivity contribution in [2.45, 2.75) is 0 Å². The van der Waals surface area contributed by atoms with E-state index in [1.54, 1.807) is 31.2 Å². The molecule has 2 aromatic rings. The van der Waals surface area contributed by atoms with E-state index >= 15 is 0 Å². The monoisotopic (exact) mass is 246 g/mol. The van der Waals surface area contributed by atoms with Crippen LogP contribution in [0, 0.1) is 5.82 Å². The highest BCUT2D eigenvalue weighted by molar-refractivity contribution is 5.75. The Balaban J connectivity index is 2.38. The van der Waals surface area contributed by atoms with Crippen molar-refractivity contribution in [2.75, 3.05) is 24.8 Å². The first kappa shape index (κ1) is 12.2. The predicted octanol–water partition coefficient (Wildman–Crippen LogP) is 3.18. The molecule has 0 spiro atoms. The molecule has 0 unspecified atom stereocenters. The van der Waals surface area contributed by atoms with Crippen LogP contribution in [-0.2, 0) is 0 Å². The lowest BCUT2D eigenvalue weighted by molar-refractivity contribution is 0.415. The summed E-state index contributed by atoms with van der Waals surface area (Å²) in [5.74, 6) is 0.418. The molecule has 3 nitrogen and oxygen atoms in total. The lowest BCUT2D eigenvalue weighted by Crippen LogP contribution is -2.13. The normalized spacial score (nSPS) is 10.2. The summed E-state index contributed by atoms with van der Waals surface area (Å²) in [6, 6.07) is 12.0. The van der Waals surface area contributed by atoms with Crippen LogP contribution in [0.5, 0.6) is 5.75 Å². The van der Waals surface area contributed by atoms with Crippen molar-refractivity contribution in [1.82, 2.24) is 0 Å². The van der Waals surface area contributed by atoms with Crippen LogP contribution in [0.25, 0.3) is 0 Å². The van der Waals surface area contributed by atoms with Gasteiger partial charge in [-0.2, -0.15) is 0 Å². The van der Waals surface area contributed by atoms with E-state index in [-0.39, 0.29) is 5.82 Å². The van der Waals surface area contributed by atoms with Crippen molar-refractivity contribution in [3.05, 3.63) is 48.3 Å². The number of hydrogen-bond acceptors (Lipinski definition) is 3. The van der Waals surface area contributed by atoms with Gasteiger partial charge in [-0.25, -0.2) is 4.39 Å². The van der Waals surface area contributed by atoms with Crippen molar-refractivity contribution in [3.63, 3.8) is 0 Å².